The molecule has 0 saturated heterocycles. The van der Waals surface area contributed by atoms with Crippen molar-refractivity contribution in [3.8, 4) is 5.88 Å². The van der Waals surface area contributed by atoms with E-state index in [2.05, 4.69) is 15.1 Å². The van der Waals surface area contributed by atoms with Gasteiger partial charge in [-0.3, -0.25) is 0 Å². The standard InChI is InChI=1S/C11H14N4O3/c1-17-10-3-2-7(6-13-10)4-9-14-11(18-15-9)8(16)5-12/h2-3,6,8,16H,4-5,12H2,1H3. The minimum Gasteiger partial charge on any atom is -0.481 e. The van der Waals surface area contributed by atoms with Gasteiger partial charge in [0.1, 0.15) is 6.10 Å². The van der Waals surface area contributed by atoms with Gasteiger partial charge in [-0.05, 0) is 5.56 Å². The number of aromatic nitrogens is 3. The molecule has 96 valence electrons. The predicted molar refractivity (Wildman–Crippen MR) is 61.9 cm³/mol. The van der Waals surface area contributed by atoms with Crippen molar-refractivity contribution in [2.24, 2.45) is 5.73 Å². The quantitative estimate of drug-likeness (QED) is 0.772. The Kier molecular flexibility index (Phi) is 3.85. The third kappa shape index (κ3) is 2.82. The Hall–Kier alpha value is -1.99. The second kappa shape index (κ2) is 5.56. The van der Waals surface area contributed by atoms with Crippen molar-refractivity contribution < 1.29 is 14.4 Å². The van der Waals surface area contributed by atoms with Gasteiger partial charge in [0.05, 0.1) is 7.11 Å². The number of ether oxygens (including phenoxy) is 1. The fraction of sp³-hybridized carbons (Fsp3) is 0.364. The number of aliphatic hydroxyl groups excluding tert-OH is 1. The molecule has 1 unspecified atom stereocenters. The molecule has 0 spiro atoms. The van der Waals surface area contributed by atoms with Gasteiger partial charge in [-0.1, -0.05) is 11.2 Å². The lowest BCUT2D eigenvalue weighted by molar-refractivity contribution is 0.141. The molecule has 0 radical (unpaired) electrons. The highest BCUT2D eigenvalue weighted by atomic mass is 16.5. The fourth-order valence-corrected chi connectivity index (χ4v) is 1.39. The molecule has 0 amide bonds. The Bertz CT molecular complexity index is 497. The summed E-state index contributed by atoms with van der Waals surface area (Å²) in [5.74, 6) is 1.16. The maximum absolute atomic E-state index is 9.43. The van der Waals surface area contributed by atoms with Crippen LogP contribution in [-0.4, -0.2) is 33.9 Å². The second-order valence-electron chi connectivity index (χ2n) is 3.69. The molecule has 3 N–H and O–H groups in total. The first-order chi connectivity index (χ1) is 8.72. The maximum Gasteiger partial charge on any atom is 0.256 e. The molecule has 2 aromatic rings. The van der Waals surface area contributed by atoms with Crippen molar-refractivity contribution in [2.75, 3.05) is 13.7 Å². The number of nitrogens with two attached hydrogens (primary N) is 1. The van der Waals surface area contributed by atoms with Crippen molar-refractivity contribution in [1.29, 1.82) is 0 Å². The average molecular weight is 250 g/mol. The topological polar surface area (TPSA) is 107 Å². The molecular weight excluding hydrogens is 236 g/mol. The molecule has 2 rings (SSSR count). The maximum atomic E-state index is 9.43. The summed E-state index contributed by atoms with van der Waals surface area (Å²) in [6.07, 6.45) is 1.23. The van der Waals surface area contributed by atoms with Crippen LogP contribution >= 0.6 is 0 Å². The summed E-state index contributed by atoms with van der Waals surface area (Å²) in [5.41, 5.74) is 6.22. The third-order valence-electron chi connectivity index (χ3n) is 2.36. The van der Waals surface area contributed by atoms with Gasteiger partial charge in [0, 0.05) is 25.2 Å². The number of methoxy groups -OCH3 is 1. The Labute approximate surface area is 104 Å². The molecule has 2 aromatic heterocycles. The lowest BCUT2D eigenvalue weighted by Gasteiger charge is -2.00. The van der Waals surface area contributed by atoms with Gasteiger partial charge in [0.25, 0.3) is 5.89 Å². The molecule has 7 nitrogen and oxygen atoms in total. The normalized spacial score (nSPS) is 12.4. The Morgan fingerprint density at radius 3 is 2.94 bits per heavy atom. The van der Waals surface area contributed by atoms with Gasteiger partial charge in [0.15, 0.2) is 5.82 Å². The van der Waals surface area contributed by atoms with Crippen LogP contribution in [0.1, 0.15) is 23.4 Å². The molecule has 0 fully saturated rings. The van der Waals surface area contributed by atoms with E-state index in [4.69, 9.17) is 15.0 Å². The first-order valence-electron chi connectivity index (χ1n) is 5.42. The van der Waals surface area contributed by atoms with E-state index in [9.17, 15) is 5.11 Å². The van der Waals surface area contributed by atoms with Crippen LogP contribution in [0.5, 0.6) is 5.88 Å². The number of nitrogens with zero attached hydrogens (tertiary/aromatic N) is 3. The first kappa shape index (κ1) is 12.5. The molecule has 7 heteroatoms. The molecule has 0 aliphatic carbocycles. The second-order valence-corrected chi connectivity index (χ2v) is 3.69. The van der Waals surface area contributed by atoms with E-state index >= 15 is 0 Å². The van der Waals surface area contributed by atoms with Gasteiger partial charge in [-0.2, -0.15) is 4.98 Å². The molecular formula is C11H14N4O3. The van der Waals surface area contributed by atoms with Crippen molar-refractivity contribution in [2.45, 2.75) is 12.5 Å². The number of rotatable bonds is 5. The molecule has 0 aromatic carbocycles. The predicted octanol–water partition coefficient (Wildman–Crippen LogP) is 0.0561. The number of hydrogen-bond donors (Lipinski definition) is 2. The lowest BCUT2D eigenvalue weighted by atomic mass is 10.2. The molecule has 0 saturated carbocycles. The zero-order valence-corrected chi connectivity index (χ0v) is 9.91. The van der Waals surface area contributed by atoms with Crippen LogP contribution in [0, 0.1) is 0 Å². The molecule has 0 aliphatic heterocycles. The largest absolute Gasteiger partial charge is 0.481 e. The summed E-state index contributed by atoms with van der Waals surface area (Å²) >= 11 is 0. The van der Waals surface area contributed by atoms with Gasteiger partial charge in [-0.25, -0.2) is 4.98 Å². The monoisotopic (exact) mass is 250 g/mol. The summed E-state index contributed by atoms with van der Waals surface area (Å²) in [7, 11) is 1.56. The molecule has 1 atom stereocenters. The Balaban J connectivity index is 2.06. The highest BCUT2D eigenvalue weighted by Gasteiger charge is 2.14. The summed E-state index contributed by atoms with van der Waals surface area (Å²) in [6.45, 7) is 0.0473. The van der Waals surface area contributed by atoms with Crippen LogP contribution in [0.25, 0.3) is 0 Å². The van der Waals surface area contributed by atoms with Crippen LogP contribution in [-0.2, 0) is 6.42 Å². The van der Waals surface area contributed by atoms with E-state index in [-0.39, 0.29) is 12.4 Å². The van der Waals surface area contributed by atoms with E-state index in [0.717, 1.165) is 5.56 Å². The lowest BCUT2D eigenvalue weighted by Crippen LogP contribution is -2.11. The van der Waals surface area contributed by atoms with Crippen LogP contribution in [0.2, 0.25) is 0 Å². The van der Waals surface area contributed by atoms with Crippen LogP contribution in [0.4, 0.5) is 0 Å². The average Bonchev–Trinajstić information content (AvgIpc) is 2.87. The van der Waals surface area contributed by atoms with Crippen LogP contribution in [0.3, 0.4) is 0 Å². The Morgan fingerprint density at radius 2 is 2.33 bits per heavy atom. The van der Waals surface area contributed by atoms with Crippen LogP contribution in [0.15, 0.2) is 22.9 Å². The minimum atomic E-state index is -0.916. The summed E-state index contributed by atoms with van der Waals surface area (Å²) in [4.78, 5) is 8.13. The molecule has 0 aliphatic rings. The first-order valence-corrected chi connectivity index (χ1v) is 5.42. The molecule has 18 heavy (non-hydrogen) atoms. The van der Waals surface area contributed by atoms with Gasteiger partial charge >= 0.3 is 0 Å². The number of pyridine rings is 1. The highest BCUT2D eigenvalue weighted by molar-refractivity contribution is 5.20. The van der Waals surface area contributed by atoms with Gasteiger partial charge < -0.3 is 20.1 Å². The number of hydrogen-bond acceptors (Lipinski definition) is 7. The van der Waals surface area contributed by atoms with E-state index in [0.29, 0.717) is 18.1 Å². The van der Waals surface area contributed by atoms with Gasteiger partial charge in [-0.15, -0.1) is 0 Å². The van der Waals surface area contributed by atoms with Crippen molar-refractivity contribution >= 4 is 0 Å². The number of aliphatic hydroxyl groups is 1. The van der Waals surface area contributed by atoms with Crippen LogP contribution < -0.4 is 10.5 Å². The smallest absolute Gasteiger partial charge is 0.256 e. The van der Waals surface area contributed by atoms with Crippen molar-refractivity contribution in [3.05, 3.63) is 35.6 Å². The Morgan fingerprint density at radius 1 is 1.50 bits per heavy atom. The van der Waals surface area contributed by atoms with E-state index in [1.165, 1.54) is 0 Å². The zero-order chi connectivity index (χ0) is 13.0. The third-order valence-corrected chi connectivity index (χ3v) is 2.36. The summed E-state index contributed by atoms with van der Waals surface area (Å²) in [5, 5.41) is 13.2. The van der Waals surface area contributed by atoms with Gasteiger partial charge in [0.2, 0.25) is 5.88 Å². The van der Waals surface area contributed by atoms with Crippen molar-refractivity contribution in [3.63, 3.8) is 0 Å². The summed E-state index contributed by atoms with van der Waals surface area (Å²) < 4.78 is 9.86. The zero-order valence-electron chi connectivity index (χ0n) is 9.91. The van der Waals surface area contributed by atoms with E-state index < -0.39 is 6.10 Å². The SMILES string of the molecule is COc1ccc(Cc2noc(C(O)CN)n2)cn1. The molecule has 0 bridgehead atoms. The highest BCUT2D eigenvalue weighted by Crippen LogP contribution is 2.12. The van der Waals surface area contributed by atoms with E-state index in [1.54, 1.807) is 19.4 Å². The van der Waals surface area contributed by atoms with E-state index in [1.807, 2.05) is 6.07 Å². The fourth-order valence-electron chi connectivity index (χ4n) is 1.39. The minimum absolute atomic E-state index is 0.0473. The van der Waals surface area contributed by atoms with Crippen molar-refractivity contribution in [1.82, 2.24) is 15.1 Å². The molecule has 2 heterocycles. The summed E-state index contributed by atoms with van der Waals surface area (Å²) in [6, 6.07) is 3.62.